The van der Waals surface area contributed by atoms with E-state index in [0.717, 1.165) is 5.56 Å². The minimum absolute atomic E-state index is 0.0129. The maximum Gasteiger partial charge on any atom is 0.244 e. The number of methoxy groups -OCH3 is 2. The van der Waals surface area contributed by atoms with Crippen LogP contribution in [-0.2, 0) is 14.8 Å². The molecule has 0 unspecified atom stereocenters. The number of aryl methyl sites for hydroxylation is 1. The molecule has 0 saturated heterocycles. The first-order chi connectivity index (χ1) is 12.3. The van der Waals surface area contributed by atoms with E-state index >= 15 is 0 Å². The summed E-state index contributed by atoms with van der Waals surface area (Å²) in [4.78, 5) is 12.3. The first-order valence-electron chi connectivity index (χ1n) is 7.88. The molecule has 1 amide bonds. The summed E-state index contributed by atoms with van der Waals surface area (Å²) in [6.07, 6.45) is 0. The highest BCUT2D eigenvalue weighted by Crippen LogP contribution is 2.25. The molecule has 0 aliphatic rings. The van der Waals surface area contributed by atoms with Crippen LogP contribution < -0.4 is 19.5 Å². The van der Waals surface area contributed by atoms with Crippen LogP contribution in [0.25, 0.3) is 0 Å². The number of ether oxygens (including phenoxy) is 2. The first-order valence-corrected chi connectivity index (χ1v) is 9.37. The maximum atomic E-state index is 12.6. The predicted octanol–water partition coefficient (Wildman–Crippen LogP) is 2.32. The molecule has 0 spiro atoms. The summed E-state index contributed by atoms with van der Waals surface area (Å²) in [6, 6.07) is 10.6. The van der Waals surface area contributed by atoms with E-state index in [1.165, 1.54) is 27.2 Å². The third-order valence-electron chi connectivity index (χ3n) is 3.67. The Labute approximate surface area is 153 Å². The third kappa shape index (κ3) is 4.74. The van der Waals surface area contributed by atoms with Crippen molar-refractivity contribution in [1.29, 1.82) is 0 Å². The average molecular weight is 378 g/mol. The molecule has 0 saturated carbocycles. The SMILES string of the molecule is COc1cccc(NC(=O)[C@H](C)NS(=O)(=O)c2cc(C)ccc2OC)c1. The second kappa shape index (κ2) is 8.20. The minimum atomic E-state index is -3.94. The lowest BCUT2D eigenvalue weighted by molar-refractivity contribution is -0.117. The van der Waals surface area contributed by atoms with Gasteiger partial charge in [0.1, 0.15) is 16.4 Å². The molecule has 7 nitrogen and oxygen atoms in total. The van der Waals surface area contributed by atoms with Gasteiger partial charge in [-0.1, -0.05) is 12.1 Å². The molecule has 0 heterocycles. The Morgan fingerprint density at radius 1 is 1.08 bits per heavy atom. The van der Waals surface area contributed by atoms with Crippen LogP contribution in [0, 0.1) is 6.92 Å². The highest BCUT2D eigenvalue weighted by molar-refractivity contribution is 7.89. The minimum Gasteiger partial charge on any atom is -0.497 e. The van der Waals surface area contributed by atoms with E-state index < -0.39 is 22.0 Å². The summed E-state index contributed by atoms with van der Waals surface area (Å²) in [7, 11) is -1.02. The first kappa shape index (κ1) is 19.7. The molecule has 2 aromatic rings. The number of hydrogen-bond donors (Lipinski definition) is 2. The van der Waals surface area contributed by atoms with Crippen molar-refractivity contribution in [1.82, 2.24) is 4.72 Å². The quantitative estimate of drug-likeness (QED) is 0.771. The van der Waals surface area contributed by atoms with Gasteiger partial charge in [0.2, 0.25) is 15.9 Å². The summed E-state index contributed by atoms with van der Waals surface area (Å²) in [5.41, 5.74) is 1.27. The van der Waals surface area contributed by atoms with Crippen LogP contribution in [0.15, 0.2) is 47.4 Å². The lowest BCUT2D eigenvalue weighted by atomic mass is 10.2. The van der Waals surface area contributed by atoms with Gasteiger partial charge < -0.3 is 14.8 Å². The normalized spacial score (nSPS) is 12.3. The number of carbonyl (C=O) groups excluding carboxylic acids is 1. The summed E-state index contributed by atoms with van der Waals surface area (Å²) >= 11 is 0. The van der Waals surface area contributed by atoms with Gasteiger partial charge in [0.15, 0.2) is 0 Å². The molecule has 8 heteroatoms. The van der Waals surface area contributed by atoms with Crippen molar-refractivity contribution in [3.63, 3.8) is 0 Å². The average Bonchev–Trinajstić information content (AvgIpc) is 2.61. The number of amides is 1. The van der Waals surface area contributed by atoms with E-state index in [2.05, 4.69) is 10.0 Å². The molecule has 0 aliphatic heterocycles. The third-order valence-corrected chi connectivity index (χ3v) is 5.23. The zero-order valence-corrected chi connectivity index (χ0v) is 15.9. The van der Waals surface area contributed by atoms with Gasteiger partial charge in [-0.25, -0.2) is 8.42 Å². The van der Waals surface area contributed by atoms with Gasteiger partial charge in [0.05, 0.1) is 20.3 Å². The van der Waals surface area contributed by atoms with Gasteiger partial charge in [-0.2, -0.15) is 4.72 Å². The van der Waals surface area contributed by atoms with E-state index in [4.69, 9.17) is 9.47 Å². The second-order valence-electron chi connectivity index (χ2n) is 5.72. The highest BCUT2D eigenvalue weighted by Gasteiger charge is 2.25. The lowest BCUT2D eigenvalue weighted by Gasteiger charge is -2.16. The van der Waals surface area contributed by atoms with Crippen molar-refractivity contribution in [2.75, 3.05) is 19.5 Å². The van der Waals surface area contributed by atoms with Gasteiger partial charge in [0.25, 0.3) is 0 Å². The van der Waals surface area contributed by atoms with Gasteiger partial charge in [-0.3, -0.25) is 4.79 Å². The molecule has 0 aliphatic carbocycles. The zero-order chi connectivity index (χ0) is 19.3. The Morgan fingerprint density at radius 2 is 1.81 bits per heavy atom. The summed E-state index contributed by atoms with van der Waals surface area (Å²) in [6.45, 7) is 3.24. The van der Waals surface area contributed by atoms with Crippen molar-refractivity contribution in [2.45, 2.75) is 24.8 Å². The Hall–Kier alpha value is -2.58. The van der Waals surface area contributed by atoms with Gasteiger partial charge >= 0.3 is 0 Å². The van der Waals surface area contributed by atoms with Crippen molar-refractivity contribution in [2.24, 2.45) is 0 Å². The predicted molar refractivity (Wildman–Crippen MR) is 99.1 cm³/mol. The molecular weight excluding hydrogens is 356 g/mol. The van der Waals surface area contributed by atoms with E-state index in [-0.39, 0.29) is 10.6 Å². The summed E-state index contributed by atoms with van der Waals surface area (Å²) in [5, 5.41) is 2.65. The van der Waals surface area contributed by atoms with E-state index in [9.17, 15) is 13.2 Å². The van der Waals surface area contributed by atoms with Crippen molar-refractivity contribution < 1.29 is 22.7 Å². The van der Waals surface area contributed by atoms with Crippen LogP contribution in [0.5, 0.6) is 11.5 Å². The van der Waals surface area contributed by atoms with Crippen molar-refractivity contribution in [3.8, 4) is 11.5 Å². The molecule has 2 rings (SSSR count). The van der Waals surface area contributed by atoms with Crippen LogP contribution in [-0.4, -0.2) is 34.6 Å². The number of rotatable bonds is 7. The number of benzene rings is 2. The molecule has 0 aromatic heterocycles. The fraction of sp³-hybridized carbons (Fsp3) is 0.278. The second-order valence-corrected chi connectivity index (χ2v) is 7.40. The van der Waals surface area contributed by atoms with Crippen LogP contribution in [0.3, 0.4) is 0 Å². The highest BCUT2D eigenvalue weighted by atomic mass is 32.2. The molecule has 2 aromatic carbocycles. The topological polar surface area (TPSA) is 93.7 Å². The lowest BCUT2D eigenvalue weighted by Crippen LogP contribution is -2.41. The molecule has 1 atom stereocenters. The van der Waals surface area contributed by atoms with E-state index in [1.807, 2.05) is 0 Å². The molecule has 2 N–H and O–H groups in total. The van der Waals surface area contributed by atoms with E-state index in [1.54, 1.807) is 43.3 Å². The standard InChI is InChI=1S/C18H22N2O5S/c1-12-8-9-16(25-4)17(10-12)26(22,23)20-13(2)18(21)19-14-6-5-7-15(11-14)24-3/h5-11,13,20H,1-4H3,(H,19,21)/t13-/m0/s1. The molecule has 0 fully saturated rings. The summed E-state index contributed by atoms with van der Waals surface area (Å²) < 4.78 is 37.9. The van der Waals surface area contributed by atoms with Crippen LogP contribution in [0.4, 0.5) is 5.69 Å². The maximum absolute atomic E-state index is 12.6. The van der Waals surface area contributed by atoms with Crippen LogP contribution in [0.1, 0.15) is 12.5 Å². The van der Waals surface area contributed by atoms with Gasteiger partial charge in [0, 0.05) is 11.8 Å². The molecule has 140 valence electrons. The van der Waals surface area contributed by atoms with Gasteiger partial charge in [-0.05, 0) is 43.7 Å². The Bertz CT molecular complexity index is 896. The Balaban J connectivity index is 2.16. The van der Waals surface area contributed by atoms with Crippen molar-refractivity contribution in [3.05, 3.63) is 48.0 Å². The fourth-order valence-corrected chi connectivity index (χ4v) is 3.75. The van der Waals surface area contributed by atoms with Gasteiger partial charge in [-0.15, -0.1) is 0 Å². The number of anilines is 1. The van der Waals surface area contributed by atoms with Crippen LogP contribution in [0.2, 0.25) is 0 Å². The Kier molecular flexibility index (Phi) is 6.23. The smallest absolute Gasteiger partial charge is 0.244 e. The van der Waals surface area contributed by atoms with E-state index in [0.29, 0.717) is 11.4 Å². The molecular formula is C18H22N2O5S. The molecule has 0 bridgehead atoms. The zero-order valence-electron chi connectivity index (χ0n) is 15.1. The van der Waals surface area contributed by atoms with Crippen molar-refractivity contribution >= 4 is 21.6 Å². The molecule has 0 radical (unpaired) electrons. The summed E-state index contributed by atoms with van der Waals surface area (Å²) in [5.74, 6) is 0.303. The van der Waals surface area contributed by atoms with Crippen LogP contribution >= 0.6 is 0 Å². The Morgan fingerprint density at radius 3 is 2.46 bits per heavy atom. The number of nitrogens with one attached hydrogen (secondary N) is 2. The largest absolute Gasteiger partial charge is 0.497 e. The number of carbonyl (C=O) groups is 1. The number of sulfonamides is 1. The molecule has 26 heavy (non-hydrogen) atoms. The number of hydrogen-bond acceptors (Lipinski definition) is 5. The fourth-order valence-electron chi connectivity index (χ4n) is 2.29. The monoisotopic (exact) mass is 378 g/mol.